The van der Waals surface area contributed by atoms with Gasteiger partial charge >= 0.3 is 9.75 Å². The van der Waals surface area contributed by atoms with E-state index >= 15 is 0 Å². The van der Waals surface area contributed by atoms with E-state index in [0.29, 0.717) is 21.6 Å². The molecule has 1 N–H and O–H groups in total. The molecule has 0 bridgehead atoms. The predicted molar refractivity (Wildman–Crippen MR) is 114 cm³/mol. The zero-order chi connectivity index (χ0) is 20.1. The second kappa shape index (κ2) is 6.87. The number of aromatic nitrogens is 2. The Morgan fingerprint density at radius 3 is 2.39 bits per heavy atom. The average molecular weight is 436 g/mol. The molecular formula is C18H17N3O4S3. The minimum Gasteiger partial charge on any atom is -0.302 e. The highest BCUT2D eigenvalue weighted by atomic mass is 32.2. The molecule has 0 radical (unpaired) electrons. The van der Waals surface area contributed by atoms with Gasteiger partial charge in [-0.25, -0.2) is 8.42 Å². The van der Waals surface area contributed by atoms with Crippen molar-refractivity contribution in [3.63, 3.8) is 0 Å². The van der Waals surface area contributed by atoms with Gasteiger partial charge in [0.2, 0.25) is 0 Å². The molecule has 4 aromatic rings. The largest absolute Gasteiger partial charge is 0.308 e. The van der Waals surface area contributed by atoms with Crippen LogP contribution >= 0.6 is 22.7 Å². The van der Waals surface area contributed by atoms with Crippen molar-refractivity contribution in [3.8, 4) is 0 Å². The van der Waals surface area contributed by atoms with Crippen LogP contribution < -0.4 is 14.5 Å². The normalized spacial score (nSPS) is 12.1. The molecule has 0 saturated heterocycles. The van der Waals surface area contributed by atoms with Crippen molar-refractivity contribution in [2.45, 2.75) is 24.8 Å². The molecule has 2 aromatic heterocycles. The summed E-state index contributed by atoms with van der Waals surface area (Å²) in [7, 11) is -2.15. The first-order valence-electron chi connectivity index (χ1n) is 8.56. The fraction of sp³-hybridized carbons (Fsp3) is 0.222. The van der Waals surface area contributed by atoms with E-state index in [9.17, 15) is 18.0 Å². The van der Waals surface area contributed by atoms with Crippen LogP contribution in [0.4, 0.5) is 5.69 Å². The average Bonchev–Trinajstić information content (AvgIpc) is 3.10. The zero-order valence-electron chi connectivity index (χ0n) is 15.1. The summed E-state index contributed by atoms with van der Waals surface area (Å²) in [6.07, 6.45) is 0.821. The number of sulfonamides is 1. The van der Waals surface area contributed by atoms with E-state index < -0.39 is 10.0 Å². The SMILES string of the molecule is CCCn1c(=O)sc2cc(S(=O)(=O)Nc3ccc4c(c3)sc(=O)n4C)ccc21. The van der Waals surface area contributed by atoms with Crippen molar-refractivity contribution in [2.75, 3.05) is 4.72 Å². The van der Waals surface area contributed by atoms with Crippen LogP contribution in [0.5, 0.6) is 0 Å². The molecular weight excluding hydrogens is 418 g/mol. The lowest BCUT2D eigenvalue weighted by Crippen LogP contribution is -2.13. The van der Waals surface area contributed by atoms with E-state index in [1.807, 2.05) is 6.92 Å². The van der Waals surface area contributed by atoms with Crippen LogP contribution in [0, 0.1) is 0 Å². The smallest absolute Gasteiger partial charge is 0.302 e. The van der Waals surface area contributed by atoms with Gasteiger partial charge in [0, 0.05) is 13.6 Å². The third-order valence-electron chi connectivity index (χ3n) is 4.44. The number of nitrogens with zero attached hydrogens (tertiary/aromatic N) is 2. The molecule has 0 aliphatic heterocycles. The lowest BCUT2D eigenvalue weighted by atomic mass is 10.3. The molecule has 0 amide bonds. The highest BCUT2D eigenvalue weighted by molar-refractivity contribution is 7.92. The quantitative estimate of drug-likeness (QED) is 0.521. The molecule has 4 rings (SSSR count). The van der Waals surface area contributed by atoms with Gasteiger partial charge in [-0.2, -0.15) is 0 Å². The molecule has 2 heterocycles. The third-order valence-corrected chi connectivity index (χ3v) is 7.76. The highest BCUT2D eigenvalue weighted by Crippen LogP contribution is 2.26. The van der Waals surface area contributed by atoms with Crippen molar-refractivity contribution in [1.82, 2.24) is 9.13 Å². The standard InChI is InChI=1S/C18H17N3O4S3/c1-3-8-21-14-7-5-12(10-16(14)27-18(21)23)28(24,25)19-11-4-6-13-15(9-11)26-17(22)20(13)2/h4-7,9-10,19H,3,8H2,1-2H3. The Morgan fingerprint density at radius 2 is 1.64 bits per heavy atom. The summed E-state index contributed by atoms with van der Waals surface area (Å²) < 4.78 is 32.7. The lowest BCUT2D eigenvalue weighted by Gasteiger charge is -2.09. The number of aryl methyl sites for hydroxylation is 2. The number of hydrogen-bond acceptors (Lipinski definition) is 6. The molecule has 0 spiro atoms. The highest BCUT2D eigenvalue weighted by Gasteiger charge is 2.17. The Morgan fingerprint density at radius 1 is 0.964 bits per heavy atom. The minimum absolute atomic E-state index is 0.0891. The van der Waals surface area contributed by atoms with Crippen LogP contribution in [0.15, 0.2) is 50.9 Å². The lowest BCUT2D eigenvalue weighted by molar-refractivity contribution is 0.601. The van der Waals surface area contributed by atoms with Crippen LogP contribution in [0.25, 0.3) is 20.4 Å². The van der Waals surface area contributed by atoms with Crippen LogP contribution in [-0.4, -0.2) is 17.6 Å². The number of anilines is 1. The van der Waals surface area contributed by atoms with E-state index in [2.05, 4.69) is 4.72 Å². The predicted octanol–water partition coefficient (Wildman–Crippen LogP) is 3.19. The molecule has 0 unspecified atom stereocenters. The molecule has 28 heavy (non-hydrogen) atoms. The fourth-order valence-corrected chi connectivity index (χ4v) is 6.09. The van der Waals surface area contributed by atoms with Crippen LogP contribution in [-0.2, 0) is 23.6 Å². The Bertz CT molecular complexity index is 1420. The molecule has 0 aliphatic rings. The zero-order valence-corrected chi connectivity index (χ0v) is 17.6. The van der Waals surface area contributed by atoms with Crippen LogP contribution in [0.3, 0.4) is 0 Å². The third kappa shape index (κ3) is 3.17. The second-order valence-corrected chi connectivity index (χ2v) is 10.0. The van der Waals surface area contributed by atoms with Gasteiger partial charge in [-0.15, -0.1) is 0 Å². The number of hydrogen-bond donors (Lipinski definition) is 1. The number of benzene rings is 2. The Kier molecular flexibility index (Phi) is 4.64. The van der Waals surface area contributed by atoms with Crippen LogP contribution in [0.1, 0.15) is 13.3 Å². The monoisotopic (exact) mass is 435 g/mol. The molecule has 0 atom stereocenters. The van der Waals surface area contributed by atoms with Gasteiger partial charge in [-0.05, 0) is 42.8 Å². The molecule has 10 heteroatoms. The van der Waals surface area contributed by atoms with Gasteiger partial charge < -0.3 is 4.57 Å². The maximum atomic E-state index is 12.8. The van der Waals surface area contributed by atoms with E-state index in [0.717, 1.165) is 40.1 Å². The van der Waals surface area contributed by atoms with Gasteiger partial charge in [-0.1, -0.05) is 29.6 Å². The van der Waals surface area contributed by atoms with E-state index in [-0.39, 0.29) is 14.6 Å². The van der Waals surface area contributed by atoms with Gasteiger partial charge in [0.1, 0.15) is 0 Å². The summed E-state index contributed by atoms with van der Waals surface area (Å²) >= 11 is 2.10. The van der Waals surface area contributed by atoms with Gasteiger partial charge in [0.05, 0.1) is 31.0 Å². The van der Waals surface area contributed by atoms with Crippen molar-refractivity contribution in [3.05, 3.63) is 55.7 Å². The Hall–Kier alpha value is -2.43. The van der Waals surface area contributed by atoms with Gasteiger partial charge in [-0.3, -0.25) is 18.9 Å². The maximum Gasteiger partial charge on any atom is 0.308 e. The van der Waals surface area contributed by atoms with E-state index in [4.69, 9.17) is 0 Å². The van der Waals surface area contributed by atoms with Gasteiger partial charge in [0.15, 0.2) is 0 Å². The Balaban J connectivity index is 1.72. The van der Waals surface area contributed by atoms with Crippen molar-refractivity contribution < 1.29 is 8.42 Å². The summed E-state index contributed by atoms with van der Waals surface area (Å²) in [6.45, 7) is 2.59. The summed E-state index contributed by atoms with van der Waals surface area (Å²) in [4.78, 5) is 23.8. The van der Waals surface area contributed by atoms with E-state index in [1.54, 1.807) is 35.9 Å². The summed E-state index contributed by atoms with van der Waals surface area (Å²) in [6, 6.07) is 9.68. The minimum atomic E-state index is -3.83. The van der Waals surface area contributed by atoms with Crippen molar-refractivity contribution in [2.24, 2.45) is 7.05 Å². The maximum absolute atomic E-state index is 12.8. The van der Waals surface area contributed by atoms with E-state index in [1.165, 1.54) is 16.7 Å². The van der Waals surface area contributed by atoms with Crippen molar-refractivity contribution in [1.29, 1.82) is 0 Å². The number of nitrogens with one attached hydrogen (secondary N) is 1. The number of fused-ring (bicyclic) bond motifs is 2. The van der Waals surface area contributed by atoms with Crippen molar-refractivity contribution >= 4 is 58.8 Å². The first-order valence-corrected chi connectivity index (χ1v) is 11.7. The number of thiazole rings is 2. The fourth-order valence-electron chi connectivity index (χ4n) is 3.06. The molecule has 0 fully saturated rings. The first-order chi connectivity index (χ1) is 13.3. The summed E-state index contributed by atoms with van der Waals surface area (Å²) in [5.41, 5.74) is 1.87. The summed E-state index contributed by atoms with van der Waals surface area (Å²) in [5, 5.41) is 0. The molecule has 2 aromatic carbocycles. The van der Waals surface area contributed by atoms with Gasteiger partial charge in [0.25, 0.3) is 10.0 Å². The second-order valence-electron chi connectivity index (χ2n) is 6.36. The molecule has 0 aliphatic carbocycles. The van der Waals surface area contributed by atoms with Crippen LogP contribution in [0.2, 0.25) is 0 Å². The first kappa shape index (κ1) is 18.9. The Labute approximate surface area is 168 Å². The summed E-state index contributed by atoms with van der Waals surface area (Å²) in [5.74, 6) is 0. The molecule has 7 nitrogen and oxygen atoms in total. The molecule has 146 valence electrons. The topological polar surface area (TPSA) is 90.2 Å². The number of rotatable bonds is 5. The molecule has 0 saturated carbocycles.